The average molecular weight is 396 g/mol. The van der Waals surface area contributed by atoms with Crippen LogP contribution in [0.15, 0.2) is 36.5 Å². The minimum atomic E-state index is -4.54. The molecule has 28 heavy (non-hydrogen) atoms. The lowest BCUT2D eigenvalue weighted by Crippen LogP contribution is -2.07. The zero-order valence-electron chi connectivity index (χ0n) is 15.1. The van der Waals surface area contributed by atoms with Gasteiger partial charge in [0.05, 0.1) is 5.69 Å². The maximum absolute atomic E-state index is 13.9. The summed E-state index contributed by atoms with van der Waals surface area (Å²) in [5.74, 6) is -0.983. The van der Waals surface area contributed by atoms with E-state index in [9.17, 15) is 22.0 Å². The molecule has 0 radical (unpaired) electrons. The van der Waals surface area contributed by atoms with E-state index in [-0.39, 0.29) is 24.3 Å². The molecule has 0 bridgehead atoms. The van der Waals surface area contributed by atoms with Crippen LogP contribution in [0.2, 0.25) is 0 Å². The molecule has 0 aliphatic heterocycles. The highest BCUT2D eigenvalue weighted by atomic mass is 19.4. The van der Waals surface area contributed by atoms with Crippen LogP contribution in [-0.2, 0) is 19.3 Å². The number of aryl methyl sites for hydroxylation is 2. The third-order valence-electron chi connectivity index (χ3n) is 4.16. The van der Waals surface area contributed by atoms with Gasteiger partial charge in [0, 0.05) is 30.4 Å². The Morgan fingerprint density at radius 2 is 1.75 bits per heavy atom. The molecule has 0 aliphatic carbocycles. The molecule has 0 fully saturated rings. The maximum Gasteiger partial charge on any atom is 0.435 e. The third-order valence-corrected chi connectivity index (χ3v) is 4.16. The van der Waals surface area contributed by atoms with E-state index in [2.05, 4.69) is 15.4 Å². The zero-order valence-corrected chi connectivity index (χ0v) is 15.1. The maximum atomic E-state index is 13.9. The summed E-state index contributed by atoms with van der Waals surface area (Å²) in [7, 11) is 0. The van der Waals surface area contributed by atoms with Gasteiger partial charge in [-0.1, -0.05) is 0 Å². The number of halogens is 5. The number of alkyl halides is 3. The molecule has 3 rings (SSSR count). The second-order valence-electron chi connectivity index (χ2n) is 6.22. The Bertz CT molecular complexity index is 954. The lowest BCUT2D eigenvalue weighted by atomic mass is 10.1. The van der Waals surface area contributed by atoms with Crippen LogP contribution in [0.5, 0.6) is 0 Å². The average Bonchev–Trinajstić information content (AvgIpc) is 3.06. The van der Waals surface area contributed by atoms with Gasteiger partial charge in [-0.2, -0.15) is 18.3 Å². The predicted molar refractivity (Wildman–Crippen MR) is 94.6 cm³/mol. The van der Waals surface area contributed by atoms with Crippen LogP contribution in [-0.4, -0.2) is 14.8 Å². The van der Waals surface area contributed by atoms with Gasteiger partial charge in [0.1, 0.15) is 17.5 Å². The summed E-state index contributed by atoms with van der Waals surface area (Å²) in [6.45, 7) is 3.42. The van der Waals surface area contributed by atoms with Crippen molar-refractivity contribution in [2.75, 3.05) is 5.32 Å². The van der Waals surface area contributed by atoms with Crippen LogP contribution in [0.25, 0.3) is 11.3 Å². The summed E-state index contributed by atoms with van der Waals surface area (Å²) in [5.41, 5.74) is 0.117. The molecule has 0 unspecified atom stereocenters. The normalized spacial score (nSPS) is 11.7. The smallest absolute Gasteiger partial charge is 0.366 e. The van der Waals surface area contributed by atoms with Crippen molar-refractivity contribution >= 4 is 5.82 Å². The Hall–Kier alpha value is -2.97. The number of nitrogens with zero attached hydrogens (tertiary/aromatic N) is 3. The number of hydrogen-bond acceptors (Lipinski definition) is 3. The van der Waals surface area contributed by atoms with Gasteiger partial charge >= 0.3 is 6.18 Å². The summed E-state index contributed by atoms with van der Waals surface area (Å²) < 4.78 is 67.7. The quantitative estimate of drug-likeness (QED) is 0.604. The van der Waals surface area contributed by atoms with Crippen molar-refractivity contribution in [2.24, 2.45) is 0 Å². The minimum absolute atomic E-state index is 0.115. The summed E-state index contributed by atoms with van der Waals surface area (Å²) in [4.78, 5) is 4.12. The van der Waals surface area contributed by atoms with Crippen LogP contribution < -0.4 is 5.32 Å². The van der Waals surface area contributed by atoms with Crippen LogP contribution >= 0.6 is 0 Å². The molecule has 2 heterocycles. The molecule has 0 spiro atoms. The minimum Gasteiger partial charge on any atom is -0.366 e. The van der Waals surface area contributed by atoms with E-state index < -0.39 is 23.5 Å². The summed E-state index contributed by atoms with van der Waals surface area (Å²) in [5, 5.41) is 6.37. The first-order chi connectivity index (χ1) is 13.2. The highest BCUT2D eigenvalue weighted by Gasteiger charge is 2.35. The SMILES string of the molecule is CCn1nc(C(F)(F)F)cc1-c1ccc(NCc2c(F)cc(C)cc2F)nc1. The first kappa shape index (κ1) is 19.8. The van der Waals surface area contributed by atoms with Gasteiger partial charge in [0.25, 0.3) is 0 Å². The summed E-state index contributed by atoms with van der Waals surface area (Å²) in [6, 6.07) is 6.53. The predicted octanol–water partition coefficient (Wildman–Crippen LogP) is 5.18. The number of hydrogen-bond donors (Lipinski definition) is 1. The van der Waals surface area contributed by atoms with E-state index in [1.54, 1.807) is 19.9 Å². The van der Waals surface area contributed by atoms with Crippen LogP contribution in [0.3, 0.4) is 0 Å². The van der Waals surface area contributed by atoms with Crippen molar-refractivity contribution in [3.63, 3.8) is 0 Å². The molecule has 3 aromatic rings. The first-order valence-electron chi connectivity index (χ1n) is 8.49. The first-order valence-corrected chi connectivity index (χ1v) is 8.49. The lowest BCUT2D eigenvalue weighted by Gasteiger charge is -2.10. The Labute approximate surface area is 158 Å². The lowest BCUT2D eigenvalue weighted by molar-refractivity contribution is -0.141. The van der Waals surface area contributed by atoms with Gasteiger partial charge in [0.2, 0.25) is 0 Å². The van der Waals surface area contributed by atoms with Crippen molar-refractivity contribution < 1.29 is 22.0 Å². The molecule has 0 atom stereocenters. The Morgan fingerprint density at radius 3 is 2.29 bits per heavy atom. The van der Waals surface area contributed by atoms with Gasteiger partial charge < -0.3 is 5.32 Å². The monoisotopic (exact) mass is 396 g/mol. The van der Waals surface area contributed by atoms with Gasteiger partial charge in [-0.25, -0.2) is 13.8 Å². The molecule has 1 aromatic carbocycles. The molecule has 9 heteroatoms. The standard InChI is InChI=1S/C19H17F5N4/c1-3-28-16(8-17(27-28)19(22,23)24)12-4-5-18(25-9-12)26-10-13-14(20)6-11(2)7-15(13)21/h4-9H,3,10H2,1-2H3,(H,25,26). The van der Waals surface area contributed by atoms with E-state index in [1.165, 1.54) is 29.1 Å². The van der Waals surface area contributed by atoms with Crippen molar-refractivity contribution in [3.8, 4) is 11.3 Å². The number of nitrogens with one attached hydrogen (secondary N) is 1. The molecule has 2 aromatic heterocycles. The zero-order chi connectivity index (χ0) is 20.5. The van der Waals surface area contributed by atoms with Gasteiger partial charge in [-0.3, -0.25) is 4.68 Å². The number of pyridine rings is 1. The van der Waals surface area contributed by atoms with E-state index in [1.807, 2.05) is 0 Å². The van der Waals surface area contributed by atoms with Crippen molar-refractivity contribution in [2.45, 2.75) is 33.1 Å². The number of rotatable bonds is 5. The van der Waals surface area contributed by atoms with Crippen molar-refractivity contribution in [3.05, 3.63) is 65.0 Å². The topological polar surface area (TPSA) is 42.7 Å². The number of anilines is 1. The Morgan fingerprint density at radius 1 is 1.07 bits per heavy atom. The van der Waals surface area contributed by atoms with Gasteiger partial charge in [0.15, 0.2) is 5.69 Å². The third kappa shape index (κ3) is 4.13. The molecule has 0 aliphatic rings. The van der Waals surface area contributed by atoms with Gasteiger partial charge in [-0.15, -0.1) is 0 Å². The molecule has 0 amide bonds. The number of aromatic nitrogens is 3. The van der Waals surface area contributed by atoms with Crippen molar-refractivity contribution in [1.29, 1.82) is 0 Å². The van der Waals surface area contributed by atoms with Crippen LogP contribution in [0, 0.1) is 18.6 Å². The fourth-order valence-electron chi connectivity index (χ4n) is 2.76. The summed E-state index contributed by atoms with van der Waals surface area (Å²) in [6.07, 6.45) is -3.15. The molecule has 4 nitrogen and oxygen atoms in total. The molecular weight excluding hydrogens is 379 g/mol. The second-order valence-corrected chi connectivity index (χ2v) is 6.22. The van der Waals surface area contributed by atoms with Crippen LogP contribution in [0.4, 0.5) is 27.8 Å². The molecular formula is C19H17F5N4. The molecule has 0 saturated carbocycles. The van der Waals surface area contributed by atoms with E-state index in [0.717, 1.165) is 6.07 Å². The number of benzene rings is 1. The van der Waals surface area contributed by atoms with Crippen LogP contribution in [0.1, 0.15) is 23.7 Å². The fraction of sp³-hybridized carbons (Fsp3) is 0.263. The molecule has 148 valence electrons. The van der Waals surface area contributed by atoms with E-state index in [4.69, 9.17) is 0 Å². The Kier molecular flexibility index (Phi) is 5.35. The highest BCUT2D eigenvalue weighted by molar-refractivity contribution is 5.61. The van der Waals surface area contributed by atoms with Gasteiger partial charge in [-0.05, 0) is 49.7 Å². The van der Waals surface area contributed by atoms with E-state index >= 15 is 0 Å². The summed E-state index contributed by atoms with van der Waals surface area (Å²) >= 11 is 0. The highest BCUT2D eigenvalue weighted by Crippen LogP contribution is 2.31. The molecule has 0 saturated heterocycles. The fourth-order valence-corrected chi connectivity index (χ4v) is 2.76. The largest absolute Gasteiger partial charge is 0.435 e. The van der Waals surface area contributed by atoms with E-state index in [0.29, 0.717) is 16.9 Å². The molecule has 1 N–H and O–H groups in total. The Balaban J connectivity index is 1.79. The second kappa shape index (κ2) is 7.57. The van der Waals surface area contributed by atoms with Crippen molar-refractivity contribution in [1.82, 2.24) is 14.8 Å².